The monoisotopic (exact) mass is 209 g/mol. The van der Waals surface area contributed by atoms with Crippen LogP contribution >= 0.6 is 11.3 Å². The summed E-state index contributed by atoms with van der Waals surface area (Å²) in [6.07, 6.45) is 6.53. The Hall–Kier alpha value is -0.670. The molecule has 2 nitrogen and oxygen atoms in total. The lowest BCUT2D eigenvalue weighted by Crippen LogP contribution is -1.95. The number of thiazole rings is 1. The third-order valence-electron chi connectivity index (χ3n) is 2.38. The van der Waals surface area contributed by atoms with Crippen LogP contribution in [0, 0.1) is 0 Å². The van der Waals surface area contributed by atoms with Gasteiger partial charge in [0.05, 0.1) is 5.69 Å². The van der Waals surface area contributed by atoms with Crippen molar-refractivity contribution in [3.05, 3.63) is 28.7 Å². The smallest absolute Gasteiger partial charge is 0.122 e. The van der Waals surface area contributed by atoms with E-state index in [4.69, 9.17) is 4.74 Å². The van der Waals surface area contributed by atoms with Gasteiger partial charge < -0.3 is 4.74 Å². The zero-order valence-electron chi connectivity index (χ0n) is 8.24. The van der Waals surface area contributed by atoms with Crippen LogP contribution in [0.2, 0.25) is 0 Å². The Morgan fingerprint density at radius 2 is 2.64 bits per heavy atom. The normalized spacial score (nSPS) is 21.3. The van der Waals surface area contributed by atoms with E-state index in [1.807, 2.05) is 6.08 Å². The van der Waals surface area contributed by atoms with Gasteiger partial charge in [-0.25, -0.2) is 4.98 Å². The second-order valence-corrected chi connectivity index (χ2v) is 4.40. The predicted octanol–water partition coefficient (Wildman–Crippen LogP) is 3.11. The maximum atomic E-state index is 5.58. The lowest BCUT2D eigenvalue weighted by atomic mass is 10.2. The van der Waals surface area contributed by atoms with Crippen LogP contribution in [0.15, 0.2) is 18.0 Å². The molecule has 3 heteroatoms. The first-order valence-electron chi connectivity index (χ1n) is 5.07. The van der Waals surface area contributed by atoms with Crippen molar-refractivity contribution in [2.24, 2.45) is 0 Å². The molecule has 1 saturated heterocycles. The van der Waals surface area contributed by atoms with Gasteiger partial charge in [-0.15, -0.1) is 17.9 Å². The van der Waals surface area contributed by atoms with Gasteiger partial charge in [0.2, 0.25) is 0 Å². The third kappa shape index (κ3) is 2.22. The van der Waals surface area contributed by atoms with E-state index in [1.54, 1.807) is 11.3 Å². The number of hydrogen-bond donors (Lipinski definition) is 0. The van der Waals surface area contributed by atoms with E-state index in [-0.39, 0.29) is 6.10 Å². The average molecular weight is 209 g/mol. The molecule has 1 aromatic heterocycles. The zero-order valence-corrected chi connectivity index (χ0v) is 9.05. The van der Waals surface area contributed by atoms with Crippen LogP contribution in [0.5, 0.6) is 0 Å². The van der Waals surface area contributed by atoms with Crippen molar-refractivity contribution >= 4 is 11.3 Å². The molecule has 0 amide bonds. The SMILES string of the molecule is C=CCCc1csc([C@@H]2CCCO2)n1. The number of aryl methyl sites for hydroxylation is 1. The molecule has 2 rings (SSSR count). The van der Waals surface area contributed by atoms with Crippen LogP contribution < -0.4 is 0 Å². The van der Waals surface area contributed by atoms with Gasteiger partial charge in [-0.1, -0.05) is 6.08 Å². The van der Waals surface area contributed by atoms with E-state index in [9.17, 15) is 0 Å². The fourth-order valence-electron chi connectivity index (χ4n) is 1.61. The number of hydrogen-bond acceptors (Lipinski definition) is 3. The van der Waals surface area contributed by atoms with Gasteiger partial charge in [0.15, 0.2) is 0 Å². The Labute approximate surface area is 88.6 Å². The molecule has 0 spiro atoms. The summed E-state index contributed by atoms with van der Waals surface area (Å²) in [7, 11) is 0. The van der Waals surface area contributed by atoms with E-state index in [1.165, 1.54) is 12.1 Å². The fourth-order valence-corrected chi connectivity index (χ4v) is 2.54. The van der Waals surface area contributed by atoms with Crippen LogP contribution in [-0.2, 0) is 11.2 Å². The van der Waals surface area contributed by atoms with Crippen LogP contribution in [0.3, 0.4) is 0 Å². The van der Waals surface area contributed by atoms with Gasteiger partial charge in [0.25, 0.3) is 0 Å². The maximum absolute atomic E-state index is 5.58. The van der Waals surface area contributed by atoms with Crippen molar-refractivity contribution in [3.8, 4) is 0 Å². The lowest BCUT2D eigenvalue weighted by molar-refractivity contribution is 0.111. The molecule has 1 aromatic rings. The number of allylic oxidation sites excluding steroid dienone is 1. The average Bonchev–Trinajstić information content (AvgIpc) is 2.85. The number of ether oxygens (including phenoxy) is 1. The molecule has 76 valence electrons. The quantitative estimate of drug-likeness (QED) is 0.711. The summed E-state index contributed by atoms with van der Waals surface area (Å²) >= 11 is 1.73. The van der Waals surface area contributed by atoms with E-state index < -0.39 is 0 Å². The highest BCUT2D eigenvalue weighted by Gasteiger charge is 2.20. The molecular formula is C11H15NOS. The Kier molecular flexibility index (Phi) is 3.32. The topological polar surface area (TPSA) is 22.1 Å². The Morgan fingerprint density at radius 3 is 3.36 bits per heavy atom. The molecular weight excluding hydrogens is 194 g/mol. The predicted molar refractivity (Wildman–Crippen MR) is 58.6 cm³/mol. The fraction of sp³-hybridized carbons (Fsp3) is 0.545. The summed E-state index contributed by atoms with van der Waals surface area (Å²) < 4.78 is 5.58. The molecule has 0 radical (unpaired) electrons. The Morgan fingerprint density at radius 1 is 1.71 bits per heavy atom. The second kappa shape index (κ2) is 4.71. The molecule has 0 aliphatic carbocycles. The first-order chi connectivity index (χ1) is 6.90. The van der Waals surface area contributed by atoms with E-state index in [0.717, 1.165) is 30.9 Å². The van der Waals surface area contributed by atoms with Crippen molar-refractivity contribution in [3.63, 3.8) is 0 Å². The molecule has 1 aliphatic rings. The number of aromatic nitrogens is 1. The molecule has 1 atom stereocenters. The molecule has 0 N–H and O–H groups in total. The lowest BCUT2D eigenvalue weighted by Gasteiger charge is -2.03. The standard InChI is InChI=1S/C11H15NOS/c1-2-3-5-9-8-14-11(12-9)10-6-4-7-13-10/h2,8,10H,1,3-7H2/t10-/m0/s1. The van der Waals surface area contributed by atoms with Crippen LogP contribution in [0.4, 0.5) is 0 Å². The van der Waals surface area contributed by atoms with Gasteiger partial charge in [0, 0.05) is 12.0 Å². The van der Waals surface area contributed by atoms with Crippen molar-refractivity contribution < 1.29 is 4.74 Å². The minimum atomic E-state index is 0.275. The van der Waals surface area contributed by atoms with Gasteiger partial charge in [-0.2, -0.15) is 0 Å². The molecule has 1 aliphatic heterocycles. The highest BCUT2D eigenvalue weighted by atomic mass is 32.1. The van der Waals surface area contributed by atoms with Gasteiger partial charge >= 0.3 is 0 Å². The van der Waals surface area contributed by atoms with E-state index in [2.05, 4.69) is 16.9 Å². The van der Waals surface area contributed by atoms with E-state index in [0.29, 0.717) is 0 Å². The summed E-state index contributed by atoms with van der Waals surface area (Å²) in [6.45, 7) is 4.61. The van der Waals surface area contributed by atoms with Crippen molar-refractivity contribution in [2.75, 3.05) is 6.61 Å². The van der Waals surface area contributed by atoms with Gasteiger partial charge in [-0.05, 0) is 25.7 Å². The third-order valence-corrected chi connectivity index (χ3v) is 3.36. The minimum Gasteiger partial charge on any atom is -0.371 e. The van der Waals surface area contributed by atoms with Crippen molar-refractivity contribution in [2.45, 2.75) is 31.8 Å². The second-order valence-electron chi connectivity index (χ2n) is 3.51. The number of nitrogens with zero attached hydrogens (tertiary/aromatic N) is 1. The van der Waals surface area contributed by atoms with Crippen LogP contribution in [0.1, 0.15) is 36.1 Å². The first kappa shape index (κ1) is 9.87. The summed E-state index contributed by atoms with van der Waals surface area (Å²) in [5.74, 6) is 0. The van der Waals surface area contributed by atoms with Crippen molar-refractivity contribution in [1.29, 1.82) is 0 Å². The molecule has 0 saturated carbocycles. The molecule has 0 aromatic carbocycles. The Balaban J connectivity index is 1.97. The molecule has 2 heterocycles. The summed E-state index contributed by atoms with van der Waals surface area (Å²) in [5.41, 5.74) is 1.18. The summed E-state index contributed by atoms with van der Waals surface area (Å²) in [4.78, 5) is 4.58. The zero-order chi connectivity index (χ0) is 9.80. The molecule has 0 unspecified atom stereocenters. The van der Waals surface area contributed by atoms with E-state index >= 15 is 0 Å². The highest BCUT2D eigenvalue weighted by Crippen LogP contribution is 2.30. The Bertz CT molecular complexity index is 302. The molecule has 14 heavy (non-hydrogen) atoms. The molecule has 1 fully saturated rings. The first-order valence-corrected chi connectivity index (χ1v) is 5.95. The summed E-state index contributed by atoms with van der Waals surface area (Å²) in [5, 5.41) is 3.29. The summed E-state index contributed by atoms with van der Waals surface area (Å²) in [6, 6.07) is 0. The largest absolute Gasteiger partial charge is 0.371 e. The minimum absolute atomic E-state index is 0.275. The van der Waals surface area contributed by atoms with Crippen LogP contribution in [-0.4, -0.2) is 11.6 Å². The highest BCUT2D eigenvalue weighted by molar-refractivity contribution is 7.09. The maximum Gasteiger partial charge on any atom is 0.122 e. The molecule has 0 bridgehead atoms. The number of rotatable bonds is 4. The van der Waals surface area contributed by atoms with Crippen LogP contribution in [0.25, 0.3) is 0 Å². The van der Waals surface area contributed by atoms with Crippen molar-refractivity contribution in [1.82, 2.24) is 4.98 Å². The van der Waals surface area contributed by atoms with Gasteiger partial charge in [0.1, 0.15) is 11.1 Å². The van der Waals surface area contributed by atoms with Gasteiger partial charge in [-0.3, -0.25) is 0 Å².